The largest absolute Gasteiger partial charge is 0.419 e. The first-order chi connectivity index (χ1) is 14.6. The van der Waals surface area contributed by atoms with Gasteiger partial charge in [-0.05, 0) is 42.3 Å². The normalized spacial score (nSPS) is 14.3. The van der Waals surface area contributed by atoms with Gasteiger partial charge in [0.2, 0.25) is 0 Å². The van der Waals surface area contributed by atoms with Crippen LogP contribution in [0.3, 0.4) is 0 Å². The molecule has 5 nitrogen and oxygen atoms in total. The van der Waals surface area contributed by atoms with Crippen LogP contribution in [-0.4, -0.2) is 21.5 Å². The molecule has 1 aliphatic rings. The summed E-state index contributed by atoms with van der Waals surface area (Å²) in [6, 6.07) is 6.04. The summed E-state index contributed by atoms with van der Waals surface area (Å²) in [6.45, 7) is 0.459. The molecular weight excluding hydrogens is 424 g/mol. The number of hydrogen-bond donors (Lipinski definition) is 1. The zero-order valence-electron chi connectivity index (χ0n) is 15.8. The third-order valence-corrected chi connectivity index (χ3v) is 4.87. The van der Waals surface area contributed by atoms with Crippen LogP contribution < -0.4 is 10.2 Å². The first kappa shape index (κ1) is 20.9. The molecule has 0 amide bonds. The molecule has 0 unspecified atom stereocenters. The Kier molecular flexibility index (Phi) is 5.19. The van der Waals surface area contributed by atoms with Gasteiger partial charge in [-0.15, -0.1) is 0 Å². The molecule has 0 aromatic carbocycles. The third-order valence-electron chi connectivity index (χ3n) is 4.87. The maximum atomic E-state index is 13.3. The van der Waals surface area contributed by atoms with Crippen LogP contribution in [0.1, 0.15) is 22.3 Å². The van der Waals surface area contributed by atoms with Crippen molar-refractivity contribution in [2.75, 3.05) is 16.8 Å². The molecular formula is C20H15F6N5. The molecule has 1 aliphatic heterocycles. The molecule has 0 fully saturated rings. The van der Waals surface area contributed by atoms with Crippen molar-refractivity contribution in [1.29, 1.82) is 0 Å². The molecule has 0 aliphatic carbocycles. The van der Waals surface area contributed by atoms with Gasteiger partial charge in [0.15, 0.2) is 0 Å². The SMILES string of the molecule is FC(F)(F)c1ccc(Nc2nccc3c2CCN(c2ncccc2C(F)(F)F)C3)nc1. The predicted octanol–water partition coefficient (Wildman–Crippen LogP) is 5.22. The molecule has 0 bridgehead atoms. The Morgan fingerprint density at radius 1 is 0.871 bits per heavy atom. The highest BCUT2D eigenvalue weighted by molar-refractivity contribution is 5.60. The number of hydrogen-bond acceptors (Lipinski definition) is 5. The molecule has 0 saturated heterocycles. The monoisotopic (exact) mass is 439 g/mol. The molecule has 31 heavy (non-hydrogen) atoms. The maximum absolute atomic E-state index is 13.3. The Hall–Kier alpha value is -3.37. The van der Waals surface area contributed by atoms with E-state index in [9.17, 15) is 26.3 Å². The Bertz CT molecular complexity index is 1080. The number of rotatable bonds is 3. The second kappa shape index (κ2) is 7.71. The van der Waals surface area contributed by atoms with Gasteiger partial charge in [0.1, 0.15) is 17.5 Å². The Labute approximate surface area is 172 Å². The smallest absolute Gasteiger partial charge is 0.351 e. The molecule has 0 atom stereocenters. The van der Waals surface area contributed by atoms with Gasteiger partial charge in [-0.25, -0.2) is 15.0 Å². The number of aromatic nitrogens is 3. The van der Waals surface area contributed by atoms with Crippen molar-refractivity contribution in [2.45, 2.75) is 25.3 Å². The zero-order chi connectivity index (χ0) is 22.2. The van der Waals surface area contributed by atoms with E-state index >= 15 is 0 Å². The van der Waals surface area contributed by atoms with Gasteiger partial charge in [-0.1, -0.05) is 0 Å². The summed E-state index contributed by atoms with van der Waals surface area (Å²) >= 11 is 0. The van der Waals surface area contributed by atoms with Crippen LogP contribution in [0, 0.1) is 0 Å². The standard InChI is InChI=1S/C20H15F6N5/c21-19(22,23)13-3-4-16(29-10-13)30-17-14-6-9-31(11-12(14)5-8-27-17)18-15(20(24,25)26)2-1-7-28-18/h1-5,7-8,10H,6,9,11H2,(H,27,29,30). The first-order valence-electron chi connectivity index (χ1n) is 9.17. The number of nitrogens with one attached hydrogen (secondary N) is 1. The quantitative estimate of drug-likeness (QED) is 0.568. The average Bonchev–Trinajstić information content (AvgIpc) is 2.73. The highest BCUT2D eigenvalue weighted by Crippen LogP contribution is 2.37. The van der Waals surface area contributed by atoms with Crippen molar-refractivity contribution in [2.24, 2.45) is 0 Å². The van der Waals surface area contributed by atoms with Crippen LogP contribution in [-0.2, 0) is 25.3 Å². The molecule has 0 radical (unpaired) electrons. The molecule has 11 heteroatoms. The lowest BCUT2D eigenvalue weighted by Crippen LogP contribution is -2.33. The number of alkyl halides is 6. The minimum Gasteiger partial charge on any atom is -0.351 e. The summed E-state index contributed by atoms with van der Waals surface area (Å²) in [6.07, 6.45) is -5.12. The van der Waals surface area contributed by atoms with E-state index in [0.29, 0.717) is 12.2 Å². The lowest BCUT2D eigenvalue weighted by Gasteiger charge is -2.32. The van der Waals surface area contributed by atoms with Crippen LogP contribution in [0.5, 0.6) is 0 Å². The predicted molar refractivity (Wildman–Crippen MR) is 101 cm³/mol. The van der Waals surface area contributed by atoms with Crippen molar-refractivity contribution in [3.63, 3.8) is 0 Å². The fourth-order valence-corrected chi connectivity index (χ4v) is 3.41. The second-order valence-corrected chi connectivity index (χ2v) is 6.90. The molecule has 162 valence electrons. The molecule has 3 aromatic heterocycles. The molecule has 3 aromatic rings. The van der Waals surface area contributed by atoms with Gasteiger partial charge in [-0.2, -0.15) is 26.3 Å². The van der Waals surface area contributed by atoms with E-state index in [-0.39, 0.29) is 24.7 Å². The average molecular weight is 439 g/mol. The van der Waals surface area contributed by atoms with Crippen LogP contribution in [0.15, 0.2) is 48.9 Å². The van der Waals surface area contributed by atoms with E-state index in [1.165, 1.54) is 24.5 Å². The molecule has 1 N–H and O–H groups in total. The van der Waals surface area contributed by atoms with Crippen molar-refractivity contribution >= 4 is 17.5 Å². The molecule has 4 rings (SSSR count). The summed E-state index contributed by atoms with van der Waals surface area (Å²) < 4.78 is 78.1. The third kappa shape index (κ3) is 4.39. The Balaban J connectivity index is 1.58. The van der Waals surface area contributed by atoms with E-state index in [4.69, 9.17) is 0 Å². The minimum absolute atomic E-state index is 0.142. The van der Waals surface area contributed by atoms with Crippen molar-refractivity contribution in [3.8, 4) is 0 Å². The number of fused-ring (bicyclic) bond motifs is 1. The number of halogens is 6. The molecule has 0 saturated carbocycles. The van der Waals surface area contributed by atoms with E-state index < -0.39 is 23.5 Å². The van der Waals surface area contributed by atoms with Crippen LogP contribution >= 0.6 is 0 Å². The summed E-state index contributed by atoms with van der Waals surface area (Å²) in [4.78, 5) is 13.5. The van der Waals surface area contributed by atoms with Crippen molar-refractivity contribution in [1.82, 2.24) is 15.0 Å². The number of pyridine rings is 3. The van der Waals surface area contributed by atoms with Crippen LogP contribution in [0.4, 0.5) is 43.8 Å². The topological polar surface area (TPSA) is 53.9 Å². The lowest BCUT2D eigenvalue weighted by atomic mass is 10.0. The highest BCUT2D eigenvalue weighted by Gasteiger charge is 2.36. The summed E-state index contributed by atoms with van der Waals surface area (Å²) in [5.74, 6) is 0.443. The lowest BCUT2D eigenvalue weighted by molar-refractivity contribution is -0.138. The molecule has 4 heterocycles. The number of nitrogens with zero attached hydrogens (tertiary/aromatic N) is 4. The van der Waals surface area contributed by atoms with E-state index in [1.54, 1.807) is 11.0 Å². The minimum atomic E-state index is -4.52. The van der Waals surface area contributed by atoms with Gasteiger partial charge in [-0.3, -0.25) is 0 Å². The van der Waals surface area contributed by atoms with Crippen LogP contribution in [0.25, 0.3) is 0 Å². The van der Waals surface area contributed by atoms with Gasteiger partial charge >= 0.3 is 12.4 Å². The number of anilines is 3. The van der Waals surface area contributed by atoms with E-state index in [2.05, 4.69) is 20.3 Å². The fourth-order valence-electron chi connectivity index (χ4n) is 3.41. The van der Waals surface area contributed by atoms with Gasteiger partial charge in [0.25, 0.3) is 0 Å². The highest BCUT2D eigenvalue weighted by atomic mass is 19.4. The van der Waals surface area contributed by atoms with Crippen LogP contribution in [0.2, 0.25) is 0 Å². The van der Waals surface area contributed by atoms with Crippen molar-refractivity contribution in [3.05, 3.63) is 71.2 Å². The van der Waals surface area contributed by atoms with Gasteiger partial charge in [0.05, 0.1) is 11.1 Å². The first-order valence-corrected chi connectivity index (χ1v) is 9.17. The summed E-state index contributed by atoms with van der Waals surface area (Å²) in [7, 11) is 0. The second-order valence-electron chi connectivity index (χ2n) is 6.90. The van der Waals surface area contributed by atoms with E-state index in [0.717, 1.165) is 29.5 Å². The van der Waals surface area contributed by atoms with Crippen molar-refractivity contribution < 1.29 is 26.3 Å². The van der Waals surface area contributed by atoms with Gasteiger partial charge in [0, 0.05) is 37.2 Å². The Morgan fingerprint density at radius 3 is 2.35 bits per heavy atom. The zero-order valence-corrected chi connectivity index (χ0v) is 15.8. The fraction of sp³-hybridized carbons (Fsp3) is 0.250. The maximum Gasteiger partial charge on any atom is 0.419 e. The molecule has 0 spiro atoms. The van der Waals surface area contributed by atoms with E-state index in [1.807, 2.05) is 0 Å². The van der Waals surface area contributed by atoms with Gasteiger partial charge < -0.3 is 10.2 Å². The summed E-state index contributed by atoms with van der Waals surface area (Å²) in [5, 5.41) is 2.90. The Morgan fingerprint density at radius 2 is 1.68 bits per heavy atom. The summed E-state index contributed by atoms with van der Waals surface area (Å²) in [5.41, 5.74) is -0.160.